The molecular weight excluding hydrogens is 518 g/mol. The van der Waals surface area contributed by atoms with Gasteiger partial charge in [-0.25, -0.2) is 0 Å². The number of amides is 1. The molecule has 0 aromatic heterocycles. The third kappa shape index (κ3) is 4.42. The lowest BCUT2D eigenvalue weighted by Gasteiger charge is -2.50. The number of likely N-dealkylation sites (N-methyl/N-ethyl adjacent to an activating group) is 1. The number of allylic oxidation sites excluding steroid dienone is 1. The molecule has 11 heteroatoms. The summed E-state index contributed by atoms with van der Waals surface area (Å²) in [5.74, 6) is -7.50. The molecule has 1 amide bonds. The van der Waals surface area contributed by atoms with Crippen molar-refractivity contribution < 1.29 is 39.6 Å². The Hall–Kier alpha value is -3.54. The van der Waals surface area contributed by atoms with Gasteiger partial charge in [0.2, 0.25) is 5.78 Å². The zero-order valence-electron chi connectivity index (χ0n) is 23.6. The molecule has 4 unspecified atom stereocenters. The average molecular weight is 556 g/mol. The maximum atomic E-state index is 14.0. The van der Waals surface area contributed by atoms with Gasteiger partial charge in [-0.3, -0.25) is 24.1 Å². The van der Waals surface area contributed by atoms with Crippen LogP contribution in [0.15, 0.2) is 28.7 Å². The van der Waals surface area contributed by atoms with Crippen LogP contribution in [0.3, 0.4) is 0 Å². The molecule has 4 atom stereocenters. The molecule has 3 aliphatic carbocycles. The van der Waals surface area contributed by atoms with Crippen LogP contribution in [0.5, 0.6) is 5.75 Å². The van der Waals surface area contributed by atoms with E-state index in [1.165, 1.54) is 11.8 Å². The number of rotatable bonds is 6. The zero-order chi connectivity index (χ0) is 30.1. The highest BCUT2D eigenvalue weighted by molar-refractivity contribution is 6.25. The molecule has 3 aliphatic rings. The Morgan fingerprint density at radius 1 is 1.18 bits per heavy atom. The van der Waals surface area contributed by atoms with E-state index in [1.807, 2.05) is 20.8 Å². The quantitative estimate of drug-likeness (QED) is 0.221. The van der Waals surface area contributed by atoms with E-state index in [2.05, 4.69) is 5.32 Å². The SMILES string of the molecule is CC(=O)c1cc(CNCC(C)(C)C)c(O)c2c1CC1CC3C(N(C)C)C(O)=C(C(N)=O)C(=O)C3(O)C(O)=C1C2=O. The molecular formula is C29H37N3O8. The summed E-state index contributed by atoms with van der Waals surface area (Å²) in [5, 5.41) is 48.4. The first kappa shape index (κ1) is 29.4. The summed E-state index contributed by atoms with van der Waals surface area (Å²) in [4.78, 5) is 53.7. The van der Waals surface area contributed by atoms with E-state index in [0.717, 1.165) is 0 Å². The normalized spacial score (nSPS) is 26.6. The Bertz CT molecular complexity index is 1400. The molecule has 7 N–H and O–H groups in total. The van der Waals surface area contributed by atoms with E-state index in [0.29, 0.717) is 17.7 Å². The molecule has 1 aromatic rings. The summed E-state index contributed by atoms with van der Waals surface area (Å²) in [5.41, 5.74) is 2.20. The van der Waals surface area contributed by atoms with Crippen molar-refractivity contribution in [2.45, 2.75) is 58.7 Å². The predicted octanol–water partition coefficient (Wildman–Crippen LogP) is 1.46. The van der Waals surface area contributed by atoms with Crippen LogP contribution < -0.4 is 11.1 Å². The minimum Gasteiger partial charge on any atom is -0.510 e. The molecule has 40 heavy (non-hydrogen) atoms. The van der Waals surface area contributed by atoms with Gasteiger partial charge in [-0.1, -0.05) is 20.8 Å². The number of ketones is 3. The zero-order valence-corrected chi connectivity index (χ0v) is 23.6. The smallest absolute Gasteiger partial charge is 0.255 e. The summed E-state index contributed by atoms with van der Waals surface area (Å²) < 4.78 is 0. The van der Waals surface area contributed by atoms with Crippen LogP contribution in [-0.4, -0.2) is 80.9 Å². The Morgan fingerprint density at radius 2 is 1.80 bits per heavy atom. The fourth-order valence-corrected chi connectivity index (χ4v) is 6.40. The number of carbonyl (C=O) groups excluding carboxylic acids is 4. The number of benzene rings is 1. The second-order valence-corrected chi connectivity index (χ2v) is 12.5. The van der Waals surface area contributed by atoms with Crippen molar-refractivity contribution in [2.75, 3.05) is 20.6 Å². The number of phenols is 1. The molecule has 0 heterocycles. The van der Waals surface area contributed by atoms with Crippen LogP contribution in [0.25, 0.3) is 0 Å². The largest absolute Gasteiger partial charge is 0.510 e. The molecule has 11 nitrogen and oxygen atoms in total. The Kier molecular flexibility index (Phi) is 7.23. The van der Waals surface area contributed by atoms with Crippen molar-refractivity contribution in [3.8, 4) is 5.75 Å². The Morgan fingerprint density at radius 3 is 2.33 bits per heavy atom. The van der Waals surface area contributed by atoms with Gasteiger partial charge in [0.1, 0.15) is 22.8 Å². The fraction of sp³-hybridized carbons (Fsp3) is 0.517. The minimum absolute atomic E-state index is 0.0429. The van der Waals surface area contributed by atoms with Crippen LogP contribution in [0.2, 0.25) is 0 Å². The number of hydrogen-bond acceptors (Lipinski definition) is 10. The van der Waals surface area contributed by atoms with Gasteiger partial charge in [-0.15, -0.1) is 0 Å². The molecule has 0 saturated heterocycles. The van der Waals surface area contributed by atoms with Gasteiger partial charge in [-0.05, 0) is 56.8 Å². The third-order valence-electron chi connectivity index (χ3n) is 8.15. The molecule has 4 rings (SSSR count). The summed E-state index contributed by atoms with van der Waals surface area (Å²) in [7, 11) is 3.13. The first-order valence-corrected chi connectivity index (χ1v) is 13.2. The third-order valence-corrected chi connectivity index (χ3v) is 8.15. The van der Waals surface area contributed by atoms with Gasteiger partial charge in [0.15, 0.2) is 17.2 Å². The molecule has 0 bridgehead atoms. The number of nitrogens with two attached hydrogens (primary N) is 1. The number of primary amides is 1. The summed E-state index contributed by atoms with van der Waals surface area (Å²) in [6.07, 6.45) is 0.0193. The molecule has 1 aromatic carbocycles. The first-order chi connectivity index (χ1) is 18.4. The van der Waals surface area contributed by atoms with Gasteiger partial charge in [-0.2, -0.15) is 0 Å². The maximum absolute atomic E-state index is 14.0. The monoisotopic (exact) mass is 555 g/mol. The van der Waals surface area contributed by atoms with E-state index in [4.69, 9.17) is 5.73 Å². The fourth-order valence-electron chi connectivity index (χ4n) is 6.40. The van der Waals surface area contributed by atoms with Crippen molar-refractivity contribution >= 4 is 23.3 Å². The van der Waals surface area contributed by atoms with Crippen LogP contribution in [-0.2, 0) is 22.6 Å². The number of aliphatic hydroxyl groups is 3. The number of carbonyl (C=O) groups is 4. The Labute approximate surface area is 232 Å². The minimum atomic E-state index is -2.71. The summed E-state index contributed by atoms with van der Waals surface area (Å²) >= 11 is 0. The van der Waals surface area contributed by atoms with Crippen molar-refractivity contribution in [1.82, 2.24) is 10.2 Å². The van der Waals surface area contributed by atoms with Crippen LogP contribution in [0.1, 0.15) is 66.0 Å². The van der Waals surface area contributed by atoms with E-state index in [9.17, 15) is 39.6 Å². The number of phenolic OH excluding ortho intramolecular Hbond substituents is 1. The van der Waals surface area contributed by atoms with Crippen molar-refractivity contribution in [3.63, 3.8) is 0 Å². The van der Waals surface area contributed by atoms with Gasteiger partial charge >= 0.3 is 0 Å². The lowest BCUT2D eigenvalue weighted by Crippen LogP contribution is -2.63. The molecule has 0 aliphatic heterocycles. The number of aliphatic hydroxyl groups excluding tert-OH is 2. The number of hydrogen-bond donors (Lipinski definition) is 6. The first-order valence-electron chi connectivity index (χ1n) is 13.2. The van der Waals surface area contributed by atoms with E-state index in [1.54, 1.807) is 20.2 Å². The van der Waals surface area contributed by atoms with Crippen molar-refractivity contribution in [3.05, 3.63) is 51.0 Å². The second kappa shape index (κ2) is 9.83. The van der Waals surface area contributed by atoms with Gasteiger partial charge in [0.05, 0.1) is 11.6 Å². The summed E-state index contributed by atoms with van der Waals surface area (Å²) in [6.45, 7) is 8.20. The number of fused-ring (bicyclic) bond motifs is 3. The van der Waals surface area contributed by atoms with Crippen molar-refractivity contribution in [2.24, 2.45) is 23.0 Å². The van der Waals surface area contributed by atoms with Crippen LogP contribution in [0, 0.1) is 17.3 Å². The number of nitrogens with one attached hydrogen (secondary N) is 1. The topological polar surface area (TPSA) is 190 Å². The van der Waals surface area contributed by atoms with Crippen LogP contribution in [0.4, 0.5) is 0 Å². The van der Waals surface area contributed by atoms with E-state index < -0.39 is 58.0 Å². The lowest BCUT2D eigenvalue weighted by molar-refractivity contribution is -0.148. The molecule has 0 radical (unpaired) electrons. The Balaban J connectivity index is 1.90. The van der Waals surface area contributed by atoms with Crippen LogP contribution >= 0.6 is 0 Å². The van der Waals surface area contributed by atoms with E-state index in [-0.39, 0.29) is 53.0 Å². The highest BCUT2D eigenvalue weighted by atomic mass is 16.3. The van der Waals surface area contributed by atoms with Gasteiger partial charge < -0.3 is 31.5 Å². The number of Topliss-reactive ketones (excluding diaryl/α,β-unsaturated/α-hetero) is 3. The molecule has 0 saturated carbocycles. The summed E-state index contributed by atoms with van der Waals surface area (Å²) in [6, 6.07) is 0.482. The highest BCUT2D eigenvalue weighted by Gasteiger charge is 2.63. The van der Waals surface area contributed by atoms with E-state index >= 15 is 0 Å². The number of aromatic hydroxyl groups is 1. The van der Waals surface area contributed by atoms with Crippen molar-refractivity contribution in [1.29, 1.82) is 0 Å². The molecule has 0 spiro atoms. The second-order valence-electron chi connectivity index (χ2n) is 12.5. The number of nitrogens with zero attached hydrogens (tertiary/aromatic N) is 1. The lowest BCUT2D eigenvalue weighted by atomic mass is 9.58. The van der Waals surface area contributed by atoms with Gasteiger partial charge in [0.25, 0.3) is 5.91 Å². The average Bonchev–Trinajstić information content (AvgIpc) is 2.81. The standard InChI is InChI=1S/C29H37N3O8/c1-12(33)15-8-14(10-31-11-28(2,3)4)22(34)19-16(15)7-13-9-17-21(32(5)6)24(36)20(27(30)39)26(38)29(17,40)25(37)18(13)23(19)35/h8,13,17,21,31,34,36-37,40H,7,9-11H2,1-6H3,(H2,30,39). The maximum Gasteiger partial charge on any atom is 0.255 e. The highest BCUT2D eigenvalue weighted by Crippen LogP contribution is 2.52. The molecule has 216 valence electrons. The van der Waals surface area contributed by atoms with Gasteiger partial charge in [0, 0.05) is 35.7 Å². The predicted molar refractivity (Wildman–Crippen MR) is 145 cm³/mol. The molecule has 0 fully saturated rings.